The second-order valence-electron chi connectivity index (χ2n) is 6.00. The molecule has 2 heteroatoms. The third-order valence-electron chi connectivity index (χ3n) is 4.47. The van der Waals surface area contributed by atoms with E-state index >= 15 is 0 Å². The lowest BCUT2D eigenvalue weighted by Gasteiger charge is -2.23. The normalized spacial score (nSPS) is 19.1. The molecule has 1 N–H and O–H groups in total. The average molecular weight is 263 g/mol. The Morgan fingerprint density at radius 1 is 1.21 bits per heavy atom. The van der Waals surface area contributed by atoms with Crippen LogP contribution in [0.2, 0.25) is 0 Å². The summed E-state index contributed by atoms with van der Waals surface area (Å²) in [6.45, 7) is 4.86. The van der Waals surface area contributed by atoms with Crippen molar-refractivity contribution in [3.05, 3.63) is 35.1 Å². The Hall–Kier alpha value is -0.890. The van der Waals surface area contributed by atoms with Gasteiger partial charge in [-0.1, -0.05) is 37.8 Å². The van der Waals surface area contributed by atoms with Crippen molar-refractivity contribution in [2.24, 2.45) is 5.92 Å². The summed E-state index contributed by atoms with van der Waals surface area (Å²) in [7, 11) is 0. The summed E-state index contributed by atoms with van der Waals surface area (Å²) in [6.07, 6.45) is 8.22. The van der Waals surface area contributed by atoms with E-state index in [2.05, 4.69) is 12.2 Å². The number of aryl methyl sites for hydroxylation is 1. The number of hydrogen-bond acceptors (Lipinski definition) is 1. The van der Waals surface area contributed by atoms with Gasteiger partial charge in [0.2, 0.25) is 0 Å². The SMILES string of the molecule is Cc1ccc(CN[C@H](C)C2CCCCCC2)cc1F. The Balaban J connectivity index is 1.84. The van der Waals surface area contributed by atoms with Gasteiger partial charge in [-0.2, -0.15) is 0 Å². The molecule has 0 unspecified atom stereocenters. The van der Waals surface area contributed by atoms with Crippen molar-refractivity contribution in [2.45, 2.75) is 65.0 Å². The van der Waals surface area contributed by atoms with Crippen LogP contribution in [0.1, 0.15) is 56.6 Å². The molecule has 2 rings (SSSR count). The highest BCUT2D eigenvalue weighted by Crippen LogP contribution is 2.25. The Morgan fingerprint density at radius 3 is 2.53 bits per heavy atom. The van der Waals surface area contributed by atoms with Crippen LogP contribution >= 0.6 is 0 Å². The van der Waals surface area contributed by atoms with Crippen LogP contribution in [0.4, 0.5) is 4.39 Å². The van der Waals surface area contributed by atoms with Crippen LogP contribution in [-0.2, 0) is 6.54 Å². The molecule has 1 aromatic rings. The molecular weight excluding hydrogens is 237 g/mol. The minimum atomic E-state index is -0.0959. The van der Waals surface area contributed by atoms with Gasteiger partial charge in [0.05, 0.1) is 0 Å². The van der Waals surface area contributed by atoms with Gasteiger partial charge in [-0.15, -0.1) is 0 Å². The zero-order chi connectivity index (χ0) is 13.7. The minimum absolute atomic E-state index is 0.0959. The quantitative estimate of drug-likeness (QED) is 0.784. The first-order chi connectivity index (χ1) is 9.16. The summed E-state index contributed by atoms with van der Waals surface area (Å²) in [5.74, 6) is 0.694. The molecule has 1 aliphatic rings. The number of nitrogens with one attached hydrogen (secondary N) is 1. The van der Waals surface area contributed by atoms with Crippen molar-refractivity contribution in [2.75, 3.05) is 0 Å². The molecule has 106 valence electrons. The molecule has 0 heterocycles. The summed E-state index contributed by atoms with van der Waals surface area (Å²) < 4.78 is 13.5. The van der Waals surface area contributed by atoms with Crippen molar-refractivity contribution in [3.63, 3.8) is 0 Å². The molecule has 0 aromatic heterocycles. The van der Waals surface area contributed by atoms with Gasteiger partial charge in [-0.05, 0) is 49.8 Å². The predicted octanol–water partition coefficient (Wildman–Crippen LogP) is 4.58. The first-order valence-corrected chi connectivity index (χ1v) is 7.65. The van der Waals surface area contributed by atoms with Crippen molar-refractivity contribution in [1.29, 1.82) is 0 Å². The highest BCUT2D eigenvalue weighted by Gasteiger charge is 2.18. The van der Waals surface area contributed by atoms with E-state index < -0.39 is 0 Å². The van der Waals surface area contributed by atoms with E-state index in [1.165, 1.54) is 38.5 Å². The molecule has 0 spiro atoms. The van der Waals surface area contributed by atoms with Gasteiger partial charge in [0, 0.05) is 12.6 Å². The lowest BCUT2D eigenvalue weighted by molar-refractivity contribution is 0.336. The van der Waals surface area contributed by atoms with Crippen LogP contribution in [0.15, 0.2) is 18.2 Å². The van der Waals surface area contributed by atoms with E-state index in [1.807, 2.05) is 12.1 Å². The third-order valence-corrected chi connectivity index (χ3v) is 4.47. The van der Waals surface area contributed by atoms with E-state index in [-0.39, 0.29) is 5.82 Å². The van der Waals surface area contributed by atoms with E-state index in [1.54, 1.807) is 13.0 Å². The van der Waals surface area contributed by atoms with Gasteiger partial charge in [-0.3, -0.25) is 0 Å². The maximum absolute atomic E-state index is 13.5. The van der Waals surface area contributed by atoms with Crippen molar-refractivity contribution >= 4 is 0 Å². The van der Waals surface area contributed by atoms with Crippen LogP contribution in [-0.4, -0.2) is 6.04 Å². The number of rotatable bonds is 4. The minimum Gasteiger partial charge on any atom is -0.310 e. The lowest BCUT2D eigenvalue weighted by atomic mass is 9.93. The van der Waals surface area contributed by atoms with Gasteiger partial charge in [0.1, 0.15) is 5.82 Å². The highest BCUT2D eigenvalue weighted by molar-refractivity contribution is 5.23. The largest absolute Gasteiger partial charge is 0.310 e. The van der Waals surface area contributed by atoms with Gasteiger partial charge in [0.15, 0.2) is 0 Å². The first kappa shape index (κ1) is 14.5. The van der Waals surface area contributed by atoms with Crippen LogP contribution < -0.4 is 5.32 Å². The molecular formula is C17H26FN. The summed E-state index contributed by atoms with van der Waals surface area (Å²) in [5.41, 5.74) is 1.77. The summed E-state index contributed by atoms with van der Waals surface area (Å²) in [4.78, 5) is 0. The first-order valence-electron chi connectivity index (χ1n) is 7.65. The van der Waals surface area contributed by atoms with Gasteiger partial charge >= 0.3 is 0 Å². The molecule has 1 atom stereocenters. The van der Waals surface area contributed by atoms with E-state index in [9.17, 15) is 4.39 Å². The second kappa shape index (κ2) is 7.04. The molecule has 0 radical (unpaired) electrons. The Morgan fingerprint density at radius 2 is 1.89 bits per heavy atom. The molecule has 1 saturated carbocycles. The maximum Gasteiger partial charge on any atom is 0.126 e. The monoisotopic (exact) mass is 263 g/mol. The number of halogens is 1. The lowest BCUT2D eigenvalue weighted by Crippen LogP contribution is -2.32. The smallest absolute Gasteiger partial charge is 0.126 e. The summed E-state index contributed by atoms with van der Waals surface area (Å²) >= 11 is 0. The molecule has 0 bridgehead atoms. The predicted molar refractivity (Wildman–Crippen MR) is 78.6 cm³/mol. The third kappa shape index (κ3) is 4.31. The van der Waals surface area contributed by atoms with Crippen molar-refractivity contribution < 1.29 is 4.39 Å². The van der Waals surface area contributed by atoms with Crippen LogP contribution in [0, 0.1) is 18.7 Å². The Bertz CT molecular complexity index is 394. The molecule has 1 fully saturated rings. The Labute approximate surface area is 116 Å². The van der Waals surface area contributed by atoms with Gasteiger partial charge in [0.25, 0.3) is 0 Å². The van der Waals surface area contributed by atoms with Gasteiger partial charge in [-0.25, -0.2) is 4.39 Å². The fourth-order valence-electron chi connectivity index (χ4n) is 3.00. The average Bonchev–Trinajstić information content (AvgIpc) is 2.69. The molecule has 1 nitrogen and oxygen atoms in total. The highest BCUT2D eigenvalue weighted by atomic mass is 19.1. The second-order valence-corrected chi connectivity index (χ2v) is 6.00. The standard InChI is InChI=1S/C17H26FN/c1-13-9-10-15(11-17(13)18)12-19-14(2)16-7-5-3-4-6-8-16/h9-11,14,16,19H,3-8,12H2,1-2H3/t14-/m1/s1. The number of benzene rings is 1. The van der Waals surface area contributed by atoms with Crippen LogP contribution in [0.3, 0.4) is 0 Å². The zero-order valence-corrected chi connectivity index (χ0v) is 12.2. The molecule has 0 saturated heterocycles. The van der Waals surface area contributed by atoms with Crippen LogP contribution in [0.25, 0.3) is 0 Å². The molecule has 0 aliphatic heterocycles. The fraction of sp³-hybridized carbons (Fsp3) is 0.647. The number of hydrogen-bond donors (Lipinski definition) is 1. The zero-order valence-electron chi connectivity index (χ0n) is 12.2. The molecule has 1 aromatic carbocycles. The van der Waals surface area contributed by atoms with Crippen LogP contribution in [0.5, 0.6) is 0 Å². The summed E-state index contributed by atoms with van der Waals surface area (Å²) in [6, 6.07) is 6.07. The molecule has 0 amide bonds. The summed E-state index contributed by atoms with van der Waals surface area (Å²) in [5, 5.41) is 3.58. The maximum atomic E-state index is 13.5. The van der Waals surface area contributed by atoms with Crippen molar-refractivity contribution in [1.82, 2.24) is 5.32 Å². The Kier molecular flexibility index (Phi) is 5.38. The van der Waals surface area contributed by atoms with E-state index in [0.29, 0.717) is 6.04 Å². The molecule has 1 aliphatic carbocycles. The van der Waals surface area contributed by atoms with E-state index in [4.69, 9.17) is 0 Å². The topological polar surface area (TPSA) is 12.0 Å². The van der Waals surface area contributed by atoms with Crippen molar-refractivity contribution in [3.8, 4) is 0 Å². The molecule has 19 heavy (non-hydrogen) atoms. The van der Waals surface area contributed by atoms with Gasteiger partial charge < -0.3 is 5.32 Å². The van der Waals surface area contributed by atoms with E-state index in [0.717, 1.165) is 23.6 Å². The fourth-order valence-corrected chi connectivity index (χ4v) is 3.00.